The van der Waals surface area contributed by atoms with Crippen LogP contribution < -0.4 is 0 Å². The van der Waals surface area contributed by atoms with E-state index in [4.69, 9.17) is 5.11 Å². The Balaban J connectivity index is 2.43. The van der Waals surface area contributed by atoms with Crippen molar-refractivity contribution in [2.45, 2.75) is 38.8 Å². The smallest absolute Gasteiger partial charge is 0.306 e. The van der Waals surface area contributed by atoms with E-state index in [1.807, 2.05) is 6.92 Å². The molecule has 0 bridgehead atoms. The first-order chi connectivity index (χ1) is 6.50. The van der Waals surface area contributed by atoms with Crippen LogP contribution in [0.15, 0.2) is 0 Å². The first kappa shape index (κ1) is 11.5. The van der Waals surface area contributed by atoms with Crippen molar-refractivity contribution in [2.75, 3.05) is 13.1 Å². The number of nitrogens with zero attached hydrogens (tertiary/aromatic N) is 1. The molecule has 1 heterocycles. The Morgan fingerprint density at radius 1 is 1.64 bits per heavy atom. The highest BCUT2D eigenvalue weighted by molar-refractivity contribution is 5.70. The van der Waals surface area contributed by atoms with Crippen LogP contribution in [0.5, 0.6) is 0 Å². The summed E-state index contributed by atoms with van der Waals surface area (Å²) in [5.74, 6) is -0.885. The molecule has 14 heavy (non-hydrogen) atoms. The number of aliphatic hydroxyl groups is 1. The molecule has 4 nitrogen and oxygen atoms in total. The number of piperidine rings is 1. The summed E-state index contributed by atoms with van der Waals surface area (Å²) in [6.45, 7) is 5.21. The van der Waals surface area contributed by atoms with Gasteiger partial charge in [0.1, 0.15) is 0 Å². The summed E-state index contributed by atoms with van der Waals surface area (Å²) < 4.78 is 0. The number of carboxylic acids is 1. The molecule has 3 unspecified atom stereocenters. The van der Waals surface area contributed by atoms with Crippen LogP contribution in [0, 0.1) is 5.92 Å². The van der Waals surface area contributed by atoms with Crippen LogP contribution >= 0.6 is 0 Å². The first-order valence-corrected chi connectivity index (χ1v) is 5.15. The fourth-order valence-electron chi connectivity index (χ4n) is 2.06. The largest absolute Gasteiger partial charge is 0.481 e. The number of β-amino-alcohol motifs (C(OH)–C–C–N with tert-alkyl or cyclic N) is 1. The first-order valence-electron chi connectivity index (χ1n) is 5.15. The molecular formula is C10H19NO3. The van der Waals surface area contributed by atoms with E-state index in [1.54, 1.807) is 6.92 Å². The summed E-state index contributed by atoms with van der Waals surface area (Å²) in [5, 5.41) is 18.1. The summed E-state index contributed by atoms with van der Waals surface area (Å²) in [7, 11) is 0. The monoisotopic (exact) mass is 201 g/mol. The number of hydrogen-bond donors (Lipinski definition) is 2. The third kappa shape index (κ3) is 2.96. The number of hydrogen-bond acceptors (Lipinski definition) is 3. The quantitative estimate of drug-likeness (QED) is 0.700. The minimum atomic E-state index is -0.687. The second-order valence-electron chi connectivity index (χ2n) is 4.25. The van der Waals surface area contributed by atoms with E-state index in [-0.39, 0.29) is 18.1 Å². The van der Waals surface area contributed by atoms with Crippen LogP contribution in [0.25, 0.3) is 0 Å². The highest BCUT2D eigenvalue weighted by Crippen LogP contribution is 2.22. The third-order valence-electron chi connectivity index (χ3n) is 2.86. The molecule has 1 fully saturated rings. The van der Waals surface area contributed by atoms with Gasteiger partial charge in [0, 0.05) is 12.6 Å². The lowest BCUT2D eigenvalue weighted by Gasteiger charge is -2.36. The molecule has 1 aliphatic heterocycles. The molecule has 1 aliphatic rings. The maximum atomic E-state index is 10.8. The molecule has 4 heteroatoms. The van der Waals surface area contributed by atoms with Gasteiger partial charge in [-0.25, -0.2) is 0 Å². The maximum Gasteiger partial charge on any atom is 0.306 e. The van der Waals surface area contributed by atoms with Crippen LogP contribution in [-0.2, 0) is 4.79 Å². The standard InChI is InChI=1S/C10H19NO3/c1-7-5-9(10(13)14)3-4-11(7)6-8(2)12/h7-9,12H,3-6H2,1-2H3,(H,13,14). The fourth-order valence-corrected chi connectivity index (χ4v) is 2.06. The molecule has 3 atom stereocenters. The van der Waals surface area contributed by atoms with Gasteiger partial charge in [-0.15, -0.1) is 0 Å². The van der Waals surface area contributed by atoms with Crippen molar-refractivity contribution in [3.05, 3.63) is 0 Å². The molecule has 0 aliphatic carbocycles. The van der Waals surface area contributed by atoms with E-state index in [2.05, 4.69) is 4.90 Å². The van der Waals surface area contributed by atoms with Crippen molar-refractivity contribution in [3.63, 3.8) is 0 Å². The molecule has 0 radical (unpaired) electrons. The highest BCUT2D eigenvalue weighted by atomic mass is 16.4. The van der Waals surface area contributed by atoms with E-state index in [1.165, 1.54) is 0 Å². The van der Waals surface area contributed by atoms with Gasteiger partial charge in [0.2, 0.25) is 0 Å². The summed E-state index contributed by atoms with van der Waals surface area (Å²) in [5.41, 5.74) is 0. The molecule has 1 saturated heterocycles. The molecule has 82 valence electrons. The van der Waals surface area contributed by atoms with Gasteiger partial charge in [-0.1, -0.05) is 0 Å². The predicted molar refractivity (Wildman–Crippen MR) is 53.1 cm³/mol. The van der Waals surface area contributed by atoms with Gasteiger partial charge in [-0.2, -0.15) is 0 Å². The molecule has 0 aromatic heterocycles. The lowest BCUT2D eigenvalue weighted by molar-refractivity contribution is -0.144. The van der Waals surface area contributed by atoms with Crippen molar-refractivity contribution >= 4 is 5.97 Å². The predicted octanol–water partition coefficient (Wildman–Crippen LogP) is 0.552. The zero-order chi connectivity index (χ0) is 10.7. The van der Waals surface area contributed by atoms with Crippen LogP contribution in [0.1, 0.15) is 26.7 Å². The number of aliphatic hydroxyl groups excluding tert-OH is 1. The number of carboxylic acid groups (broad SMARTS) is 1. The van der Waals surface area contributed by atoms with Gasteiger partial charge in [0.05, 0.1) is 12.0 Å². The van der Waals surface area contributed by atoms with E-state index in [9.17, 15) is 9.90 Å². The molecule has 0 amide bonds. The Kier molecular flexibility index (Phi) is 3.89. The maximum absolute atomic E-state index is 10.8. The van der Waals surface area contributed by atoms with E-state index >= 15 is 0 Å². The van der Waals surface area contributed by atoms with Crippen molar-refractivity contribution in [1.29, 1.82) is 0 Å². The van der Waals surface area contributed by atoms with Crippen LogP contribution in [0.2, 0.25) is 0 Å². The average molecular weight is 201 g/mol. The lowest BCUT2D eigenvalue weighted by Crippen LogP contribution is -2.45. The molecule has 0 spiro atoms. The van der Waals surface area contributed by atoms with Crippen LogP contribution in [0.4, 0.5) is 0 Å². The van der Waals surface area contributed by atoms with Crippen molar-refractivity contribution in [1.82, 2.24) is 4.90 Å². The van der Waals surface area contributed by atoms with Crippen LogP contribution in [0.3, 0.4) is 0 Å². The molecule has 0 saturated carbocycles. The number of likely N-dealkylation sites (tertiary alicyclic amines) is 1. The second kappa shape index (κ2) is 4.75. The zero-order valence-electron chi connectivity index (χ0n) is 8.81. The van der Waals surface area contributed by atoms with Gasteiger partial charge in [0.15, 0.2) is 0 Å². The highest BCUT2D eigenvalue weighted by Gasteiger charge is 2.29. The molecule has 0 aromatic rings. The van der Waals surface area contributed by atoms with Gasteiger partial charge in [0.25, 0.3) is 0 Å². The minimum Gasteiger partial charge on any atom is -0.481 e. The fraction of sp³-hybridized carbons (Fsp3) is 0.900. The summed E-state index contributed by atoms with van der Waals surface area (Å²) >= 11 is 0. The summed E-state index contributed by atoms with van der Waals surface area (Å²) in [4.78, 5) is 12.9. The van der Waals surface area contributed by atoms with Gasteiger partial charge in [-0.3, -0.25) is 9.69 Å². The Morgan fingerprint density at radius 3 is 2.71 bits per heavy atom. The number of aliphatic carboxylic acids is 1. The Hall–Kier alpha value is -0.610. The van der Waals surface area contributed by atoms with E-state index in [0.717, 1.165) is 6.54 Å². The lowest BCUT2D eigenvalue weighted by atomic mass is 9.91. The summed E-state index contributed by atoms with van der Waals surface area (Å²) in [6, 6.07) is 0.263. The topological polar surface area (TPSA) is 60.8 Å². The number of carbonyl (C=O) groups is 1. The number of rotatable bonds is 3. The Labute approximate surface area is 84.5 Å². The molecule has 0 aromatic carbocycles. The average Bonchev–Trinajstić information content (AvgIpc) is 2.07. The Morgan fingerprint density at radius 2 is 2.29 bits per heavy atom. The van der Waals surface area contributed by atoms with Gasteiger partial charge >= 0.3 is 5.97 Å². The van der Waals surface area contributed by atoms with E-state index in [0.29, 0.717) is 19.4 Å². The normalized spacial score (nSPS) is 31.4. The molecular weight excluding hydrogens is 182 g/mol. The van der Waals surface area contributed by atoms with Crippen molar-refractivity contribution < 1.29 is 15.0 Å². The SMILES string of the molecule is CC(O)CN1CCC(C(=O)O)CC1C. The van der Waals surface area contributed by atoms with Crippen molar-refractivity contribution in [2.24, 2.45) is 5.92 Å². The van der Waals surface area contributed by atoms with Crippen LogP contribution in [-0.4, -0.2) is 46.3 Å². The van der Waals surface area contributed by atoms with E-state index < -0.39 is 5.97 Å². The third-order valence-corrected chi connectivity index (χ3v) is 2.86. The van der Waals surface area contributed by atoms with Crippen molar-refractivity contribution in [3.8, 4) is 0 Å². The molecule has 2 N–H and O–H groups in total. The minimum absolute atomic E-state index is 0.199. The van der Waals surface area contributed by atoms with Gasteiger partial charge in [-0.05, 0) is 33.2 Å². The second-order valence-corrected chi connectivity index (χ2v) is 4.25. The Bertz CT molecular complexity index is 206. The van der Waals surface area contributed by atoms with Gasteiger partial charge < -0.3 is 10.2 Å². The summed E-state index contributed by atoms with van der Waals surface area (Å²) in [6.07, 6.45) is 1.06. The molecule has 1 rings (SSSR count). The zero-order valence-corrected chi connectivity index (χ0v) is 8.81.